The first-order valence-electron chi connectivity index (χ1n) is 9.69. The highest BCUT2D eigenvalue weighted by molar-refractivity contribution is 6.30. The summed E-state index contributed by atoms with van der Waals surface area (Å²) in [4.78, 5) is 28.4. The number of rotatable bonds is 4. The highest BCUT2D eigenvalue weighted by Gasteiger charge is 2.50. The van der Waals surface area contributed by atoms with Gasteiger partial charge in [-0.2, -0.15) is 0 Å². The fraction of sp³-hybridized carbons (Fsp3) is 0.318. The van der Waals surface area contributed by atoms with E-state index in [9.17, 15) is 14.9 Å². The third-order valence-corrected chi connectivity index (χ3v) is 6.05. The van der Waals surface area contributed by atoms with Crippen molar-refractivity contribution in [2.75, 3.05) is 4.90 Å². The summed E-state index contributed by atoms with van der Waals surface area (Å²) < 4.78 is 0. The second kappa shape index (κ2) is 7.52. The molecule has 2 aliphatic rings. The molecule has 1 saturated carbocycles. The van der Waals surface area contributed by atoms with Crippen molar-refractivity contribution in [3.63, 3.8) is 0 Å². The Bertz CT molecular complexity index is 981. The molecule has 2 aromatic rings. The average Bonchev–Trinajstić information content (AvgIpc) is 3.18. The fourth-order valence-electron chi connectivity index (χ4n) is 4.35. The Hall–Kier alpha value is -2.86. The number of carbonyl (C=O) groups excluding carboxylic acids is 1. The van der Waals surface area contributed by atoms with Gasteiger partial charge < -0.3 is 9.80 Å². The molecule has 0 unspecified atom stereocenters. The minimum absolute atomic E-state index is 0.0117. The van der Waals surface area contributed by atoms with E-state index in [4.69, 9.17) is 11.6 Å². The maximum Gasteiger partial charge on any atom is 0.293 e. The maximum absolute atomic E-state index is 13.6. The molecule has 1 heterocycles. The van der Waals surface area contributed by atoms with Gasteiger partial charge >= 0.3 is 0 Å². The van der Waals surface area contributed by atoms with Gasteiger partial charge in [0.05, 0.1) is 11.5 Å². The number of nitro groups is 1. The van der Waals surface area contributed by atoms with Crippen LogP contribution in [0.2, 0.25) is 5.02 Å². The zero-order valence-corrected chi connectivity index (χ0v) is 16.9. The summed E-state index contributed by atoms with van der Waals surface area (Å²) in [5.41, 5.74) is 1.52. The molecule has 150 valence electrons. The van der Waals surface area contributed by atoms with E-state index < -0.39 is 5.54 Å². The lowest BCUT2D eigenvalue weighted by atomic mass is 9.90. The van der Waals surface area contributed by atoms with Crippen molar-refractivity contribution >= 4 is 28.9 Å². The maximum atomic E-state index is 13.6. The number of halogens is 1. The normalized spacial score (nSPS) is 17.9. The van der Waals surface area contributed by atoms with Crippen LogP contribution < -0.4 is 4.90 Å². The number of amides is 1. The Morgan fingerprint density at radius 3 is 2.45 bits per heavy atom. The fourth-order valence-corrected chi connectivity index (χ4v) is 4.47. The third-order valence-electron chi connectivity index (χ3n) is 5.80. The predicted octanol–water partition coefficient (Wildman–Crippen LogP) is 5.19. The van der Waals surface area contributed by atoms with E-state index in [0.29, 0.717) is 30.1 Å². The minimum atomic E-state index is -0.777. The molecule has 1 fully saturated rings. The molecule has 29 heavy (non-hydrogen) atoms. The van der Waals surface area contributed by atoms with Crippen LogP contribution in [0.25, 0.3) is 0 Å². The highest BCUT2D eigenvalue weighted by Crippen LogP contribution is 2.45. The molecule has 1 aliphatic heterocycles. The summed E-state index contributed by atoms with van der Waals surface area (Å²) in [7, 11) is 0. The van der Waals surface area contributed by atoms with E-state index in [0.717, 1.165) is 24.0 Å². The van der Waals surface area contributed by atoms with Gasteiger partial charge in [0.15, 0.2) is 0 Å². The van der Waals surface area contributed by atoms with Gasteiger partial charge in [-0.25, -0.2) is 0 Å². The van der Waals surface area contributed by atoms with Crippen LogP contribution in [0.15, 0.2) is 54.9 Å². The lowest BCUT2D eigenvalue weighted by Crippen LogP contribution is -2.58. The molecule has 2 aromatic carbocycles. The summed E-state index contributed by atoms with van der Waals surface area (Å²) >= 11 is 5.96. The van der Waals surface area contributed by atoms with E-state index in [1.807, 2.05) is 48.4 Å². The first-order valence-corrected chi connectivity index (χ1v) is 10.1. The van der Waals surface area contributed by atoms with E-state index >= 15 is 0 Å². The van der Waals surface area contributed by atoms with Gasteiger partial charge in [0.2, 0.25) is 0 Å². The van der Waals surface area contributed by atoms with Gasteiger partial charge in [0.1, 0.15) is 11.2 Å². The van der Waals surface area contributed by atoms with Crippen LogP contribution in [0, 0.1) is 17.0 Å². The van der Waals surface area contributed by atoms with Crippen molar-refractivity contribution in [3.8, 4) is 0 Å². The lowest BCUT2D eigenvalue weighted by Gasteiger charge is -2.44. The standard InChI is InChI=1S/C22H22ClN3O3/c1-16-4-9-19(20(14-16)26(28)29)25-13-12-24(15-17-5-7-18(23)8-6-17)21(27)22(25)10-2-3-11-22/h4-9,12-14H,2-3,10-11,15H2,1H3. The second-order valence-electron chi connectivity index (χ2n) is 7.72. The number of nitrogens with zero attached hydrogens (tertiary/aromatic N) is 3. The van der Waals surface area contributed by atoms with E-state index in [1.54, 1.807) is 23.2 Å². The number of aryl methyl sites for hydroxylation is 1. The predicted molar refractivity (Wildman–Crippen MR) is 113 cm³/mol. The summed E-state index contributed by atoms with van der Waals surface area (Å²) in [6.45, 7) is 2.27. The van der Waals surface area contributed by atoms with E-state index in [2.05, 4.69) is 0 Å². The Labute approximate surface area is 174 Å². The second-order valence-corrected chi connectivity index (χ2v) is 8.15. The number of anilines is 1. The summed E-state index contributed by atoms with van der Waals surface area (Å²) in [6.07, 6.45) is 6.75. The Morgan fingerprint density at radius 2 is 1.79 bits per heavy atom. The number of hydrogen-bond donors (Lipinski definition) is 0. The topological polar surface area (TPSA) is 66.7 Å². The number of benzene rings is 2. The third kappa shape index (κ3) is 3.49. The Balaban J connectivity index is 1.73. The van der Waals surface area contributed by atoms with Crippen molar-refractivity contribution < 1.29 is 9.72 Å². The molecule has 0 radical (unpaired) electrons. The molecule has 0 N–H and O–H groups in total. The van der Waals surface area contributed by atoms with Gasteiger partial charge in [0, 0.05) is 23.5 Å². The molecule has 1 spiro atoms. The largest absolute Gasteiger partial charge is 0.326 e. The quantitative estimate of drug-likeness (QED) is 0.513. The number of nitro benzene ring substituents is 1. The van der Waals surface area contributed by atoms with Crippen molar-refractivity contribution in [2.45, 2.75) is 44.7 Å². The lowest BCUT2D eigenvalue weighted by molar-refractivity contribution is -0.384. The molecule has 0 bridgehead atoms. The molecule has 6 nitrogen and oxygen atoms in total. The van der Waals surface area contributed by atoms with Crippen molar-refractivity contribution in [1.82, 2.24) is 4.90 Å². The summed E-state index contributed by atoms with van der Waals surface area (Å²) in [5.74, 6) is -0.0117. The monoisotopic (exact) mass is 411 g/mol. The molecular weight excluding hydrogens is 390 g/mol. The van der Waals surface area contributed by atoms with E-state index in [-0.39, 0.29) is 16.5 Å². The Morgan fingerprint density at radius 1 is 1.10 bits per heavy atom. The van der Waals surface area contributed by atoms with Gasteiger partial charge in [-0.3, -0.25) is 14.9 Å². The van der Waals surface area contributed by atoms with Gasteiger partial charge in [-0.15, -0.1) is 0 Å². The molecule has 0 aromatic heterocycles. The van der Waals surface area contributed by atoms with Crippen LogP contribution in [0.4, 0.5) is 11.4 Å². The first-order chi connectivity index (χ1) is 13.9. The minimum Gasteiger partial charge on any atom is -0.326 e. The van der Waals surface area contributed by atoms with Crippen LogP contribution in [-0.4, -0.2) is 21.3 Å². The zero-order valence-electron chi connectivity index (χ0n) is 16.2. The van der Waals surface area contributed by atoms with Gasteiger partial charge in [-0.05, 0) is 49.1 Å². The van der Waals surface area contributed by atoms with Crippen LogP contribution in [0.5, 0.6) is 0 Å². The van der Waals surface area contributed by atoms with Crippen LogP contribution in [-0.2, 0) is 11.3 Å². The molecular formula is C22H22ClN3O3. The number of hydrogen-bond acceptors (Lipinski definition) is 4. The van der Waals surface area contributed by atoms with Gasteiger partial charge in [0.25, 0.3) is 11.6 Å². The van der Waals surface area contributed by atoms with Crippen molar-refractivity contribution in [3.05, 3.63) is 81.1 Å². The molecule has 1 aliphatic carbocycles. The van der Waals surface area contributed by atoms with Crippen LogP contribution in [0.1, 0.15) is 36.8 Å². The van der Waals surface area contributed by atoms with Crippen molar-refractivity contribution in [1.29, 1.82) is 0 Å². The molecule has 0 atom stereocenters. The van der Waals surface area contributed by atoms with Crippen LogP contribution in [0.3, 0.4) is 0 Å². The molecule has 4 rings (SSSR count). The molecule has 7 heteroatoms. The molecule has 0 saturated heterocycles. The van der Waals surface area contributed by atoms with Crippen molar-refractivity contribution in [2.24, 2.45) is 0 Å². The SMILES string of the molecule is Cc1ccc(N2C=CN(Cc3ccc(Cl)cc3)C(=O)C23CCCC3)c([N+](=O)[O-])c1. The Kier molecular flexibility index (Phi) is 5.04. The zero-order chi connectivity index (χ0) is 20.6. The van der Waals surface area contributed by atoms with Gasteiger partial charge in [-0.1, -0.05) is 42.6 Å². The van der Waals surface area contributed by atoms with E-state index in [1.165, 1.54) is 0 Å². The smallest absolute Gasteiger partial charge is 0.293 e. The highest BCUT2D eigenvalue weighted by atomic mass is 35.5. The van der Waals surface area contributed by atoms with Crippen LogP contribution >= 0.6 is 11.6 Å². The number of carbonyl (C=O) groups is 1. The molecule has 1 amide bonds. The summed E-state index contributed by atoms with van der Waals surface area (Å²) in [5, 5.41) is 12.3. The summed E-state index contributed by atoms with van der Waals surface area (Å²) in [6, 6.07) is 12.6. The first kappa shape index (κ1) is 19.5. The average molecular weight is 412 g/mol.